The Morgan fingerprint density at radius 1 is 1.03 bits per heavy atom. The lowest BCUT2D eigenvalue weighted by atomic mass is 9.72. The summed E-state index contributed by atoms with van der Waals surface area (Å²) in [6, 6.07) is 7.76. The monoisotopic (exact) mass is 523 g/mol. The summed E-state index contributed by atoms with van der Waals surface area (Å²) in [6.45, 7) is 1.89. The zero-order valence-corrected chi connectivity index (χ0v) is 22.5. The summed E-state index contributed by atoms with van der Waals surface area (Å²) in [5.74, 6) is 0.562. The molecule has 1 aromatic heterocycles. The third-order valence-corrected chi connectivity index (χ3v) is 8.62. The third-order valence-electron chi connectivity index (χ3n) is 7.59. The maximum absolute atomic E-state index is 13.8. The number of esters is 1. The van der Waals surface area contributed by atoms with Gasteiger partial charge in [-0.05, 0) is 68.2 Å². The second-order valence-electron chi connectivity index (χ2n) is 9.80. The van der Waals surface area contributed by atoms with Crippen molar-refractivity contribution < 1.29 is 28.5 Å². The number of nitrogens with one attached hydrogen (secondary N) is 1. The Kier molecular flexibility index (Phi) is 7.29. The van der Waals surface area contributed by atoms with Crippen LogP contribution in [0.1, 0.15) is 67.7 Å². The van der Waals surface area contributed by atoms with Gasteiger partial charge < -0.3 is 24.3 Å². The number of rotatable bonds is 7. The average Bonchev–Trinajstić information content (AvgIpc) is 3.61. The zero-order valence-electron chi connectivity index (χ0n) is 21.7. The highest BCUT2D eigenvalue weighted by Gasteiger charge is 2.42. The second-order valence-corrected chi connectivity index (χ2v) is 10.8. The molecule has 1 N–H and O–H groups in total. The highest BCUT2D eigenvalue weighted by molar-refractivity contribution is 7.10. The molecule has 2 atom stereocenters. The molecule has 8 heteroatoms. The fraction of sp³-hybridized carbons (Fsp3) is 0.448. The quantitative estimate of drug-likeness (QED) is 0.472. The van der Waals surface area contributed by atoms with Crippen molar-refractivity contribution in [3.05, 3.63) is 62.6 Å². The minimum absolute atomic E-state index is 0.0320. The molecule has 0 spiro atoms. The summed E-state index contributed by atoms with van der Waals surface area (Å²) < 4.78 is 22.7. The predicted molar refractivity (Wildman–Crippen MR) is 141 cm³/mol. The molecule has 1 aromatic carbocycles. The molecule has 1 saturated carbocycles. The first-order chi connectivity index (χ1) is 17.9. The van der Waals surface area contributed by atoms with Gasteiger partial charge in [0.1, 0.15) is 6.10 Å². The summed E-state index contributed by atoms with van der Waals surface area (Å²) in [7, 11) is 4.67. The number of allylic oxidation sites excluding steroid dienone is 3. The smallest absolute Gasteiger partial charge is 0.337 e. The first-order valence-corrected chi connectivity index (χ1v) is 13.6. The van der Waals surface area contributed by atoms with Crippen LogP contribution in [-0.4, -0.2) is 39.2 Å². The van der Waals surface area contributed by atoms with E-state index in [-0.39, 0.29) is 23.8 Å². The van der Waals surface area contributed by atoms with E-state index in [0.29, 0.717) is 46.9 Å². The van der Waals surface area contributed by atoms with Crippen LogP contribution in [0.5, 0.6) is 17.2 Å². The maximum Gasteiger partial charge on any atom is 0.337 e. The lowest BCUT2D eigenvalue weighted by molar-refractivity contribution is -0.144. The number of hydrogen-bond donors (Lipinski definition) is 1. The molecule has 2 heterocycles. The summed E-state index contributed by atoms with van der Waals surface area (Å²) >= 11 is 1.67. The van der Waals surface area contributed by atoms with Gasteiger partial charge in [-0.2, -0.15) is 0 Å². The first kappa shape index (κ1) is 25.4. The fourth-order valence-electron chi connectivity index (χ4n) is 5.86. The average molecular weight is 524 g/mol. The number of carbonyl (C=O) groups is 2. The summed E-state index contributed by atoms with van der Waals surface area (Å²) in [5.41, 5.74) is 3.38. The topological polar surface area (TPSA) is 83.1 Å². The van der Waals surface area contributed by atoms with Gasteiger partial charge >= 0.3 is 5.97 Å². The standard InChI is InChI=1S/C29H33NO6S/c1-16-25(29(32)36-19-8-5-6-9-19)26(18-14-22(33-2)28(35-4)23(15-18)34-3)27-20(30-16)12-17(13-21(27)31)24-10-7-11-37-24/h7,10-11,14-15,17,19,26,30H,5-6,8-9,12-13H2,1-4H3/t17-,26+/m0/s1. The number of ketones is 1. The van der Waals surface area contributed by atoms with Crippen LogP contribution in [0.4, 0.5) is 0 Å². The minimum atomic E-state index is -0.601. The van der Waals surface area contributed by atoms with Gasteiger partial charge in [0.05, 0.1) is 26.9 Å². The van der Waals surface area contributed by atoms with Crippen molar-refractivity contribution in [2.75, 3.05) is 21.3 Å². The van der Waals surface area contributed by atoms with Crippen LogP contribution in [0.3, 0.4) is 0 Å². The summed E-state index contributed by atoms with van der Waals surface area (Å²) in [6.07, 6.45) is 4.86. The molecular formula is C29H33NO6S. The number of Topliss-reactive ketones (excluding diaryl/α,β-unsaturated/α-hetero) is 1. The van der Waals surface area contributed by atoms with E-state index in [4.69, 9.17) is 18.9 Å². The van der Waals surface area contributed by atoms with Crippen LogP contribution in [0.15, 0.2) is 52.2 Å². The Balaban J connectivity index is 1.62. The Hall–Kier alpha value is -3.26. The largest absolute Gasteiger partial charge is 0.493 e. The van der Waals surface area contributed by atoms with E-state index in [2.05, 4.69) is 11.4 Å². The van der Waals surface area contributed by atoms with E-state index in [1.165, 1.54) is 4.88 Å². The van der Waals surface area contributed by atoms with Gasteiger partial charge in [0.2, 0.25) is 5.75 Å². The van der Waals surface area contributed by atoms with Crippen molar-refractivity contribution in [2.45, 2.75) is 63.4 Å². The van der Waals surface area contributed by atoms with E-state index in [1.54, 1.807) is 32.7 Å². The molecule has 37 heavy (non-hydrogen) atoms. The molecule has 1 fully saturated rings. The van der Waals surface area contributed by atoms with Crippen molar-refractivity contribution in [1.29, 1.82) is 0 Å². The highest BCUT2D eigenvalue weighted by Crippen LogP contribution is 2.49. The number of ether oxygens (including phenoxy) is 4. The third kappa shape index (κ3) is 4.75. The Bertz CT molecular complexity index is 1230. The number of benzene rings is 1. The highest BCUT2D eigenvalue weighted by atomic mass is 32.1. The lowest BCUT2D eigenvalue weighted by Crippen LogP contribution is -2.36. The SMILES string of the molecule is COc1cc([C@@H]2C(C(=O)OC3CCCC3)=C(C)NC3=C2C(=O)C[C@@H](c2cccs2)C3)cc(OC)c1OC. The van der Waals surface area contributed by atoms with Crippen molar-refractivity contribution >= 4 is 23.1 Å². The van der Waals surface area contributed by atoms with Crippen LogP contribution >= 0.6 is 11.3 Å². The van der Waals surface area contributed by atoms with Crippen LogP contribution in [0, 0.1) is 0 Å². The van der Waals surface area contributed by atoms with Gasteiger partial charge in [0, 0.05) is 40.1 Å². The van der Waals surface area contributed by atoms with E-state index in [0.717, 1.165) is 36.9 Å². The van der Waals surface area contributed by atoms with Crippen LogP contribution in [0.2, 0.25) is 0 Å². The molecule has 2 aromatic rings. The van der Waals surface area contributed by atoms with Crippen LogP contribution in [0.25, 0.3) is 0 Å². The number of hydrogen-bond acceptors (Lipinski definition) is 8. The Morgan fingerprint density at radius 2 is 1.73 bits per heavy atom. The second kappa shape index (κ2) is 10.6. The van der Waals surface area contributed by atoms with E-state index in [1.807, 2.05) is 30.5 Å². The summed E-state index contributed by atoms with van der Waals surface area (Å²) in [4.78, 5) is 28.7. The molecule has 0 unspecified atom stereocenters. The Labute approximate surface area is 221 Å². The molecule has 196 valence electrons. The van der Waals surface area contributed by atoms with Crippen molar-refractivity contribution in [2.24, 2.45) is 0 Å². The molecule has 0 radical (unpaired) electrons. The van der Waals surface area contributed by atoms with Crippen molar-refractivity contribution in [1.82, 2.24) is 5.32 Å². The number of carbonyl (C=O) groups excluding carboxylic acids is 2. The number of thiophene rings is 1. The van der Waals surface area contributed by atoms with E-state index in [9.17, 15) is 9.59 Å². The number of dihydropyridines is 1. The molecule has 5 rings (SSSR count). The van der Waals surface area contributed by atoms with Crippen LogP contribution in [-0.2, 0) is 14.3 Å². The van der Waals surface area contributed by atoms with E-state index < -0.39 is 5.92 Å². The summed E-state index contributed by atoms with van der Waals surface area (Å²) in [5, 5.41) is 5.47. The van der Waals surface area contributed by atoms with E-state index >= 15 is 0 Å². The normalized spacial score (nSPS) is 22.0. The van der Waals surface area contributed by atoms with Gasteiger partial charge in [-0.3, -0.25) is 4.79 Å². The first-order valence-electron chi connectivity index (χ1n) is 12.7. The maximum atomic E-state index is 13.8. The van der Waals surface area contributed by atoms with Crippen molar-refractivity contribution in [3.63, 3.8) is 0 Å². The van der Waals surface area contributed by atoms with Gasteiger partial charge in [-0.15, -0.1) is 11.3 Å². The van der Waals surface area contributed by atoms with Gasteiger partial charge in [0.25, 0.3) is 0 Å². The number of methoxy groups -OCH3 is 3. The molecule has 3 aliphatic rings. The molecule has 7 nitrogen and oxygen atoms in total. The van der Waals surface area contributed by atoms with Gasteiger partial charge in [-0.25, -0.2) is 4.79 Å². The molecule has 0 bridgehead atoms. The minimum Gasteiger partial charge on any atom is -0.493 e. The van der Waals surface area contributed by atoms with Gasteiger partial charge in [-0.1, -0.05) is 6.07 Å². The molecule has 2 aliphatic carbocycles. The molecular weight excluding hydrogens is 490 g/mol. The predicted octanol–water partition coefficient (Wildman–Crippen LogP) is 5.62. The molecule has 1 aliphatic heterocycles. The van der Waals surface area contributed by atoms with Gasteiger partial charge in [0.15, 0.2) is 17.3 Å². The Morgan fingerprint density at radius 3 is 2.32 bits per heavy atom. The lowest BCUT2D eigenvalue weighted by Gasteiger charge is -2.37. The fourth-order valence-corrected chi connectivity index (χ4v) is 6.69. The molecule has 0 saturated heterocycles. The zero-order chi connectivity index (χ0) is 26.1. The molecule has 0 amide bonds. The van der Waals surface area contributed by atoms with Crippen LogP contribution < -0.4 is 19.5 Å². The van der Waals surface area contributed by atoms with Crippen molar-refractivity contribution in [3.8, 4) is 17.2 Å².